The number of aryl methyl sites for hydroxylation is 1. The zero-order valence-electron chi connectivity index (χ0n) is 19.7. The minimum Gasteiger partial charge on any atom is -0.493 e. The number of hydrogen-bond donors (Lipinski definition) is 0. The zero-order valence-corrected chi connectivity index (χ0v) is 19.7. The van der Waals surface area contributed by atoms with Crippen molar-refractivity contribution in [3.8, 4) is 0 Å². The molecule has 3 rings (SSSR count). The Bertz CT molecular complexity index is 827. The van der Waals surface area contributed by atoms with Gasteiger partial charge in [-0.2, -0.15) is 0 Å². The van der Waals surface area contributed by atoms with Crippen molar-refractivity contribution >= 4 is 5.71 Å². The van der Waals surface area contributed by atoms with Crippen LogP contribution in [0.15, 0.2) is 78.2 Å². The number of rotatable bonds is 11. The lowest BCUT2D eigenvalue weighted by molar-refractivity contribution is 0.0399. The molecule has 1 heterocycles. The normalized spacial score (nSPS) is 19.2. The molecule has 2 aliphatic rings. The van der Waals surface area contributed by atoms with Crippen LogP contribution in [0, 0.1) is 12.8 Å². The number of allylic oxidation sites excluding steroid dienone is 4. The van der Waals surface area contributed by atoms with Gasteiger partial charge in [-0.25, -0.2) is 0 Å². The lowest BCUT2D eigenvalue weighted by Crippen LogP contribution is -2.37. The third kappa shape index (κ3) is 7.61. The Kier molecular flexibility index (Phi) is 9.98. The molecule has 1 saturated heterocycles. The van der Waals surface area contributed by atoms with Crippen molar-refractivity contribution in [3.05, 3.63) is 84.3 Å². The Morgan fingerprint density at radius 3 is 2.66 bits per heavy atom. The molecule has 4 heteroatoms. The van der Waals surface area contributed by atoms with Crippen LogP contribution in [-0.2, 0) is 9.47 Å². The molecule has 1 atom stereocenters. The SMILES string of the molecule is C=C/N=C(\C=C/C)C(OCC1CCN(CCOC2=CCCC=C2)CC1)c1ccc(C)cc1. The fourth-order valence-corrected chi connectivity index (χ4v) is 4.17. The average Bonchev–Trinajstić information content (AvgIpc) is 2.82. The number of ether oxygens (including phenoxy) is 2. The molecule has 0 radical (unpaired) electrons. The molecule has 1 unspecified atom stereocenters. The topological polar surface area (TPSA) is 34.1 Å². The molecule has 32 heavy (non-hydrogen) atoms. The smallest absolute Gasteiger partial charge is 0.124 e. The van der Waals surface area contributed by atoms with Gasteiger partial charge in [0.15, 0.2) is 0 Å². The van der Waals surface area contributed by atoms with Gasteiger partial charge < -0.3 is 9.47 Å². The van der Waals surface area contributed by atoms with Crippen molar-refractivity contribution in [3.63, 3.8) is 0 Å². The molecule has 172 valence electrons. The van der Waals surface area contributed by atoms with Gasteiger partial charge in [0, 0.05) is 12.7 Å². The average molecular weight is 435 g/mol. The van der Waals surface area contributed by atoms with Crippen LogP contribution in [0.25, 0.3) is 0 Å². The summed E-state index contributed by atoms with van der Waals surface area (Å²) < 4.78 is 12.4. The van der Waals surface area contributed by atoms with Gasteiger partial charge in [0.1, 0.15) is 18.5 Å². The fourth-order valence-electron chi connectivity index (χ4n) is 4.17. The largest absolute Gasteiger partial charge is 0.493 e. The molecular formula is C28H38N2O2. The minimum absolute atomic E-state index is 0.173. The third-order valence-corrected chi connectivity index (χ3v) is 6.07. The number of likely N-dealkylation sites (tertiary alicyclic amines) is 1. The van der Waals surface area contributed by atoms with Crippen molar-refractivity contribution < 1.29 is 9.47 Å². The van der Waals surface area contributed by atoms with Crippen molar-refractivity contribution in [2.24, 2.45) is 10.9 Å². The Morgan fingerprint density at radius 2 is 2.00 bits per heavy atom. The second-order valence-corrected chi connectivity index (χ2v) is 8.58. The van der Waals surface area contributed by atoms with Gasteiger partial charge in [-0.1, -0.05) is 48.6 Å². The molecule has 0 bridgehead atoms. The number of nitrogens with zero attached hydrogens (tertiary/aromatic N) is 2. The van der Waals surface area contributed by atoms with E-state index in [4.69, 9.17) is 9.47 Å². The van der Waals surface area contributed by atoms with E-state index in [-0.39, 0.29) is 6.10 Å². The Labute approximate surface area is 194 Å². The van der Waals surface area contributed by atoms with Gasteiger partial charge >= 0.3 is 0 Å². The number of benzene rings is 1. The van der Waals surface area contributed by atoms with Gasteiger partial charge in [0.25, 0.3) is 0 Å². The Hall–Kier alpha value is -2.43. The van der Waals surface area contributed by atoms with E-state index in [2.05, 4.69) is 65.9 Å². The number of piperidine rings is 1. The van der Waals surface area contributed by atoms with E-state index in [0.29, 0.717) is 5.92 Å². The third-order valence-electron chi connectivity index (χ3n) is 6.07. The lowest BCUT2D eigenvalue weighted by Gasteiger charge is -2.32. The van der Waals surface area contributed by atoms with E-state index in [9.17, 15) is 0 Å². The summed E-state index contributed by atoms with van der Waals surface area (Å²) >= 11 is 0. The summed E-state index contributed by atoms with van der Waals surface area (Å²) in [5.74, 6) is 1.60. The molecule has 1 aromatic rings. The molecular weight excluding hydrogens is 396 g/mol. The van der Waals surface area contributed by atoms with Crippen LogP contribution in [0.3, 0.4) is 0 Å². The molecule has 1 aromatic carbocycles. The van der Waals surface area contributed by atoms with Crippen LogP contribution in [0.1, 0.15) is 49.8 Å². The van der Waals surface area contributed by atoms with E-state index in [1.807, 2.05) is 19.1 Å². The summed E-state index contributed by atoms with van der Waals surface area (Å²) in [6.07, 6.45) is 16.4. The molecule has 1 aliphatic carbocycles. The zero-order chi connectivity index (χ0) is 22.6. The van der Waals surface area contributed by atoms with Gasteiger partial charge in [-0.3, -0.25) is 9.89 Å². The maximum absolute atomic E-state index is 6.48. The second-order valence-electron chi connectivity index (χ2n) is 8.58. The summed E-state index contributed by atoms with van der Waals surface area (Å²) in [6.45, 7) is 12.6. The van der Waals surface area contributed by atoms with Crippen molar-refractivity contribution in [1.29, 1.82) is 0 Å². The highest BCUT2D eigenvalue weighted by Crippen LogP contribution is 2.25. The van der Waals surface area contributed by atoms with Gasteiger partial charge in [0.05, 0.1) is 12.3 Å². The van der Waals surface area contributed by atoms with Crippen molar-refractivity contribution in [2.75, 3.05) is 32.8 Å². The monoisotopic (exact) mass is 434 g/mol. The highest BCUT2D eigenvalue weighted by molar-refractivity contribution is 5.99. The van der Waals surface area contributed by atoms with Crippen LogP contribution >= 0.6 is 0 Å². The Balaban J connectivity index is 1.49. The molecule has 0 spiro atoms. The fraction of sp³-hybridized carbons (Fsp3) is 0.464. The summed E-state index contributed by atoms with van der Waals surface area (Å²) in [4.78, 5) is 7.00. The first-order valence-corrected chi connectivity index (χ1v) is 11.9. The molecule has 1 fully saturated rings. The van der Waals surface area contributed by atoms with Crippen LogP contribution in [0.4, 0.5) is 0 Å². The van der Waals surface area contributed by atoms with Crippen molar-refractivity contribution in [1.82, 2.24) is 4.90 Å². The molecule has 0 N–H and O–H groups in total. The van der Waals surface area contributed by atoms with Gasteiger partial charge in [-0.15, -0.1) is 0 Å². The first kappa shape index (κ1) is 24.2. The van der Waals surface area contributed by atoms with E-state index < -0.39 is 0 Å². The molecule has 0 saturated carbocycles. The van der Waals surface area contributed by atoms with Crippen LogP contribution in [0.5, 0.6) is 0 Å². The maximum Gasteiger partial charge on any atom is 0.124 e. The predicted molar refractivity (Wildman–Crippen MR) is 134 cm³/mol. The predicted octanol–water partition coefficient (Wildman–Crippen LogP) is 6.18. The first-order chi connectivity index (χ1) is 15.7. The summed E-state index contributed by atoms with van der Waals surface area (Å²) in [5.41, 5.74) is 3.27. The summed E-state index contributed by atoms with van der Waals surface area (Å²) in [7, 11) is 0. The molecule has 0 aromatic heterocycles. The standard InChI is InChI=1S/C28H38N2O2/c1-4-9-27(29-5-2)28(25-14-12-23(3)13-15-25)32-22-24-16-18-30(19-17-24)20-21-31-26-10-7-6-8-11-26/h4-5,7,9-15,24,28H,2,6,8,16-22H2,1,3H3/b9-4-,29-27+. The Morgan fingerprint density at radius 1 is 1.22 bits per heavy atom. The molecule has 1 aliphatic heterocycles. The number of aliphatic imine (C=N–C) groups is 1. The first-order valence-electron chi connectivity index (χ1n) is 11.9. The number of hydrogen-bond acceptors (Lipinski definition) is 4. The summed E-state index contributed by atoms with van der Waals surface area (Å²) in [5, 5.41) is 0. The van der Waals surface area contributed by atoms with Crippen LogP contribution in [0.2, 0.25) is 0 Å². The van der Waals surface area contributed by atoms with Gasteiger partial charge in [0.2, 0.25) is 0 Å². The second kappa shape index (κ2) is 13.2. The van der Waals surface area contributed by atoms with E-state index in [1.165, 1.54) is 5.56 Å². The minimum atomic E-state index is -0.173. The van der Waals surface area contributed by atoms with Crippen LogP contribution < -0.4 is 0 Å². The molecule has 4 nitrogen and oxygen atoms in total. The highest BCUT2D eigenvalue weighted by atomic mass is 16.5. The maximum atomic E-state index is 6.48. The summed E-state index contributed by atoms with van der Waals surface area (Å²) in [6, 6.07) is 8.54. The lowest BCUT2D eigenvalue weighted by atomic mass is 9.97. The van der Waals surface area contributed by atoms with E-state index in [0.717, 1.165) is 75.6 Å². The van der Waals surface area contributed by atoms with E-state index in [1.54, 1.807) is 6.20 Å². The van der Waals surface area contributed by atoms with Gasteiger partial charge in [-0.05, 0) is 82.3 Å². The quantitative estimate of drug-likeness (QED) is 0.390. The van der Waals surface area contributed by atoms with Crippen LogP contribution in [-0.4, -0.2) is 43.5 Å². The van der Waals surface area contributed by atoms with E-state index >= 15 is 0 Å². The molecule has 0 amide bonds. The highest BCUT2D eigenvalue weighted by Gasteiger charge is 2.23. The van der Waals surface area contributed by atoms with Crippen molar-refractivity contribution in [2.45, 2.75) is 45.6 Å².